The van der Waals surface area contributed by atoms with Crippen LogP contribution in [0.5, 0.6) is 0 Å². The van der Waals surface area contributed by atoms with Gasteiger partial charge in [0.05, 0.1) is 13.2 Å². The van der Waals surface area contributed by atoms with Crippen molar-refractivity contribution in [2.24, 2.45) is 0 Å². The number of ether oxygens (including phenoxy) is 1. The molecule has 50 heavy (non-hydrogen) atoms. The maximum absolute atomic E-state index is 12.0. The second kappa shape index (κ2) is 36.0. The summed E-state index contributed by atoms with van der Waals surface area (Å²) in [6.45, 7) is 3.24. The molecule has 0 aliphatic carbocycles. The van der Waals surface area contributed by atoms with Crippen molar-refractivity contribution in [2.45, 2.75) is 129 Å². The van der Waals surface area contributed by atoms with Gasteiger partial charge in [-0.3, -0.25) is 18.6 Å². The fourth-order valence-corrected chi connectivity index (χ4v) is 5.04. The average molecular weight is 720 g/mol. The van der Waals surface area contributed by atoms with Crippen LogP contribution in [0.3, 0.4) is 0 Å². The summed E-state index contributed by atoms with van der Waals surface area (Å²) >= 11 is 0. The molecule has 0 aromatic heterocycles. The van der Waals surface area contributed by atoms with E-state index in [1.807, 2.05) is 12.2 Å². The summed E-state index contributed by atoms with van der Waals surface area (Å²) in [5.41, 5.74) is 0. The number of aliphatic hydroxyl groups is 1. The lowest BCUT2D eigenvalue weighted by atomic mass is 10.1. The molecule has 0 fully saturated rings. The molecular weight excluding hydrogens is 653 g/mol. The van der Waals surface area contributed by atoms with E-state index in [1.54, 1.807) is 0 Å². The van der Waals surface area contributed by atoms with Gasteiger partial charge in [-0.05, 0) is 70.6 Å². The van der Waals surface area contributed by atoms with Crippen molar-refractivity contribution < 1.29 is 37.9 Å². The Morgan fingerprint density at radius 2 is 1.16 bits per heavy atom. The zero-order valence-electron chi connectivity index (χ0n) is 30.8. The number of aliphatic hydroxyl groups excluding tert-OH is 1. The summed E-state index contributed by atoms with van der Waals surface area (Å²) < 4.78 is 26.6. The summed E-state index contributed by atoms with van der Waals surface area (Å²) in [6, 6.07) is 0. The molecule has 0 saturated carbocycles. The van der Waals surface area contributed by atoms with Crippen molar-refractivity contribution in [1.82, 2.24) is 5.32 Å². The summed E-state index contributed by atoms with van der Waals surface area (Å²) in [7, 11) is -4.43. The third-order valence-corrected chi connectivity index (χ3v) is 8.04. The standard InChI is InChI=1S/C40H66NO8P/c1-3-5-7-9-11-13-15-16-17-18-19-20-21-22-23-25-27-29-31-33-40(44)47-36-38(42)37-49-50(45,46)48-35-34-41-39(43)32-30-28-26-24-14-12-10-8-6-4-2/h5,7-8,10-11,13,16-17,19-20,22-23,27,29,38,42H,3-4,6,9,12,14-15,18,21,24-26,28,30-37H2,1-2H3,(H,41,43)(H,45,46)/b7-5-,10-8-,13-11-,17-16-,20-19-,23-22-,29-27-. The number of hydrogen-bond donors (Lipinski definition) is 3. The summed E-state index contributed by atoms with van der Waals surface area (Å²) in [5.74, 6) is -0.624. The predicted octanol–water partition coefficient (Wildman–Crippen LogP) is 9.71. The van der Waals surface area contributed by atoms with E-state index in [2.05, 4.69) is 92.1 Å². The number of unbranched alkanes of at least 4 members (excludes halogenated alkanes) is 6. The van der Waals surface area contributed by atoms with E-state index in [9.17, 15) is 24.2 Å². The average Bonchev–Trinajstić information content (AvgIpc) is 3.10. The minimum Gasteiger partial charge on any atom is -0.463 e. The number of phosphoric ester groups is 1. The Bertz CT molecular complexity index is 1090. The molecule has 284 valence electrons. The number of carbonyl (C=O) groups excluding carboxylic acids is 2. The van der Waals surface area contributed by atoms with Crippen molar-refractivity contribution >= 4 is 19.7 Å². The van der Waals surface area contributed by atoms with Gasteiger partial charge in [-0.15, -0.1) is 0 Å². The highest BCUT2D eigenvalue weighted by molar-refractivity contribution is 7.47. The van der Waals surface area contributed by atoms with Crippen molar-refractivity contribution in [3.05, 3.63) is 85.1 Å². The first-order valence-corrected chi connectivity index (χ1v) is 20.1. The molecule has 0 aromatic carbocycles. The highest BCUT2D eigenvalue weighted by Crippen LogP contribution is 2.42. The third kappa shape index (κ3) is 36.5. The number of hydrogen-bond acceptors (Lipinski definition) is 7. The largest absolute Gasteiger partial charge is 0.472 e. The highest BCUT2D eigenvalue weighted by atomic mass is 31.2. The van der Waals surface area contributed by atoms with E-state index < -0.39 is 26.5 Å². The number of allylic oxidation sites excluding steroid dienone is 14. The number of carbonyl (C=O) groups is 2. The molecule has 0 aromatic rings. The molecule has 1 amide bonds. The molecule has 0 bridgehead atoms. The summed E-state index contributed by atoms with van der Waals surface area (Å²) in [5, 5.41) is 12.6. The third-order valence-electron chi connectivity index (χ3n) is 7.05. The number of rotatable bonds is 33. The van der Waals surface area contributed by atoms with Gasteiger partial charge in [-0.1, -0.05) is 125 Å². The number of phosphoric acid groups is 1. The van der Waals surface area contributed by atoms with Crippen molar-refractivity contribution in [2.75, 3.05) is 26.4 Å². The molecule has 9 nitrogen and oxygen atoms in total. The SMILES string of the molecule is CC/C=C\C/C=C\C/C=C\C/C=C\C/C=C\C/C=C\CCC(=O)OCC(O)COP(=O)(O)OCCNC(=O)CCCCCCC/C=C\CCC. The van der Waals surface area contributed by atoms with E-state index in [0.29, 0.717) is 12.8 Å². The van der Waals surface area contributed by atoms with Crippen LogP contribution in [-0.2, 0) is 27.9 Å². The monoisotopic (exact) mass is 719 g/mol. The van der Waals surface area contributed by atoms with Crippen LogP contribution < -0.4 is 5.32 Å². The molecule has 0 aliphatic rings. The van der Waals surface area contributed by atoms with Crippen LogP contribution in [0.4, 0.5) is 0 Å². The molecule has 0 spiro atoms. The molecule has 0 radical (unpaired) electrons. The van der Waals surface area contributed by atoms with Crippen molar-refractivity contribution in [3.63, 3.8) is 0 Å². The number of esters is 1. The topological polar surface area (TPSA) is 131 Å². The minimum absolute atomic E-state index is 0.0633. The van der Waals surface area contributed by atoms with Crippen LogP contribution in [0.1, 0.15) is 123 Å². The van der Waals surface area contributed by atoms with Gasteiger partial charge in [-0.2, -0.15) is 0 Å². The Hall–Kier alpha value is -2.81. The molecule has 3 N–H and O–H groups in total. The molecule has 0 rings (SSSR count). The summed E-state index contributed by atoms with van der Waals surface area (Å²) in [4.78, 5) is 33.7. The first-order valence-electron chi connectivity index (χ1n) is 18.6. The van der Waals surface area contributed by atoms with Gasteiger partial charge < -0.3 is 20.1 Å². The highest BCUT2D eigenvalue weighted by Gasteiger charge is 2.23. The predicted molar refractivity (Wildman–Crippen MR) is 206 cm³/mol. The second-order valence-corrected chi connectivity index (χ2v) is 13.3. The zero-order chi connectivity index (χ0) is 36.8. The Morgan fingerprint density at radius 3 is 1.76 bits per heavy atom. The first kappa shape index (κ1) is 47.2. The van der Waals surface area contributed by atoms with Crippen LogP contribution >= 0.6 is 7.82 Å². The lowest BCUT2D eigenvalue weighted by Crippen LogP contribution is -2.27. The maximum Gasteiger partial charge on any atom is 0.472 e. The summed E-state index contributed by atoms with van der Waals surface area (Å²) in [6.07, 6.45) is 43.9. The minimum atomic E-state index is -4.43. The Kier molecular flexibility index (Phi) is 34.0. The van der Waals surface area contributed by atoms with Gasteiger partial charge in [0.15, 0.2) is 0 Å². The van der Waals surface area contributed by atoms with Gasteiger partial charge in [0.2, 0.25) is 5.91 Å². The smallest absolute Gasteiger partial charge is 0.463 e. The molecule has 0 aliphatic heterocycles. The number of nitrogens with one attached hydrogen (secondary N) is 1. The number of amides is 1. The zero-order valence-corrected chi connectivity index (χ0v) is 31.7. The normalized spacial score (nSPS) is 14.4. The molecule has 2 unspecified atom stereocenters. The Balaban J connectivity index is 3.79. The Morgan fingerprint density at radius 1 is 0.640 bits per heavy atom. The second-order valence-electron chi connectivity index (χ2n) is 11.8. The van der Waals surface area contributed by atoms with E-state index in [-0.39, 0.29) is 32.1 Å². The molecule has 0 heterocycles. The molecule has 2 atom stereocenters. The van der Waals surface area contributed by atoms with E-state index in [0.717, 1.165) is 77.0 Å². The van der Waals surface area contributed by atoms with E-state index in [1.165, 1.54) is 12.8 Å². The quantitative estimate of drug-likeness (QED) is 0.0265. The lowest BCUT2D eigenvalue weighted by Gasteiger charge is -2.15. The van der Waals surface area contributed by atoms with E-state index in [4.69, 9.17) is 13.8 Å². The van der Waals surface area contributed by atoms with Gasteiger partial charge in [0, 0.05) is 19.4 Å². The van der Waals surface area contributed by atoms with Crippen LogP contribution in [0.15, 0.2) is 85.1 Å². The van der Waals surface area contributed by atoms with Crippen molar-refractivity contribution in [3.8, 4) is 0 Å². The fourth-order valence-electron chi connectivity index (χ4n) is 4.29. The van der Waals surface area contributed by atoms with Gasteiger partial charge in [0.1, 0.15) is 12.7 Å². The van der Waals surface area contributed by atoms with Crippen molar-refractivity contribution in [1.29, 1.82) is 0 Å². The van der Waals surface area contributed by atoms with Crippen LogP contribution in [0.2, 0.25) is 0 Å². The molecular formula is C40H66NO8P. The Labute approximate surface area is 302 Å². The van der Waals surface area contributed by atoms with Gasteiger partial charge in [0.25, 0.3) is 0 Å². The van der Waals surface area contributed by atoms with Gasteiger partial charge >= 0.3 is 13.8 Å². The van der Waals surface area contributed by atoms with Crippen LogP contribution in [0, 0.1) is 0 Å². The fraction of sp³-hybridized carbons (Fsp3) is 0.600. The van der Waals surface area contributed by atoms with Crippen LogP contribution in [-0.4, -0.2) is 54.3 Å². The van der Waals surface area contributed by atoms with Crippen LogP contribution in [0.25, 0.3) is 0 Å². The maximum atomic E-state index is 12.0. The molecule has 10 heteroatoms. The lowest BCUT2D eigenvalue weighted by molar-refractivity contribution is -0.147. The molecule has 0 saturated heterocycles. The van der Waals surface area contributed by atoms with E-state index >= 15 is 0 Å². The first-order chi connectivity index (χ1) is 24.3. The van der Waals surface area contributed by atoms with Gasteiger partial charge in [-0.25, -0.2) is 4.57 Å².